The van der Waals surface area contributed by atoms with Crippen molar-refractivity contribution in [2.24, 2.45) is 0 Å². The van der Waals surface area contributed by atoms with Crippen molar-refractivity contribution >= 4 is 21.7 Å². The fourth-order valence-electron chi connectivity index (χ4n) is 3.92. The van der Waals surface area contributed by atoms with Crippen molar-refractivity contribution in [3.05, 3.63) is 12.1 Å². The maximum Gasteiger partial charge on any atom is 0.270 e. The van der Waals surface area contributed by atoms with Gasteiger partial charge in [-0.3, -0.25) is 0 Å². The number of hydrogen-bond acceptors (Lipinski definition) is 9. The molecule has 158 valence electrons. The van der Waals surface area contributed by atoms with Crippen LogP contribution in [0, 0.1) is 0 Å². The minimum atomic E-state index is -3.18. The molecule has 2 N–H and O–H groups in total. The quantitative estimate of drug-likeness (QED) is 0.765. The van der Waals surface area contributed by atoms with Crippen molar-refractivity contribution in [3.63, 3.8) is 0 Å². The third-order valence-corrected chi connectivity index (χ3v) is 7.59. The molecule has 1 saturated carbocycles. The largest absolute Gasteiger partial charge is 0.419 e. The average molecular weight is 422 g/mol. The highest BCUT2D eigenvalue weighted by atomic mass is 32.2. The minimum Gasteiger partial charge on any atom is -0.419 e. The molecular formula is C18H27N7O3S. The Bertz CT molecular complexity index is 948. The summed E-state index contributed by atoms with van der Waals surface area (Å²) in [6.07, 6.45) is 7.34. The van der Waals surface area contributed by atoms with E-state index in [-0.39, 0.29) is 17.5 Å². The van der Waals surface area contributed by atoms with Gasteiger partial charge in [0.25, 0.3) is 5.89 Å². The second-order valence-electron chi connectivity index (χ2n) is 7.53. The van der Waals surface area contributed by atoms with E-state index >= 15 is 0 Å². The van der Waals surface area contributed by atoms with Gasteiger partial charge in [-0.05, 0) is 19.8 Å². The molecule has 2 fully saturated rings. The number of hydrogen-bond donors (Lipinski definition) is 1. The Hall–Kier alpha value is -2.27. The van der Waals surface area contributed by atoms with Gasteiger partial charge in [-0.15, -0.1) is 10.2 Å². The molecule has 0 radical (unpaired) electrons. The molecule has 10 nitrogen and oxygen atoms in total. The Morgan fingerprint density at radius 2 is 1.86 bits per heavy atom. The van der Waals surface area contributed by atoms with E-state index in [0.717, 1.165) is 12.8 Å². The fraction of sp³-hybridized carbons (Fsp3) is 0.667. The Labute approximate surface area is 170 Å². The SMILES string of the molecule is CCS(=O)(=O)N1CCN(c2cnc(N)c(-c3nnc(C4CCCCC4)o3)n2)CC1. The van der Waals surface area contributed by atoms with Crippen LogP contribution in [-0.4, -0.2) is 64.8 Å². The molecule has 1 aliphatic carbocycles. The summed E-state index contributed by atoms with van der Waals surface area (Å²) >= 11 is 0. The first kappa shape index (κ1) is 20.0. The molecule has 4 rings (SSSR count). The molecule has 1 saturated heterocycles. The van der Waals surface area contributed by atoms with Crippen LogP contribution in [0.3, 0.4) is 0 Å². The van der Waals surface area contributed by atoms with E-state index in [2.05, 4.69) is 20.2 Å². The van der Waals surface area contributed by atoms with Crippen LogP contribution in [-0.2, 0) is 10.0 Å². The molecular weight excluding hydrogens is 394 g/mol. The maximum absolute atomic E-state index is 12.0. The van der Waals surface area contributed by atoms with E-state index < -0.39 is 10.0 Å². The minimum absolute atomic E-state index is 0.110. The van der Waals surface area contributed by atoms with Crippen LogP contribution < -0.4 is 10.6 Å². The lowest BCUT2D eigenvalue weighted by Crippen LogP contribution is -2.49. The van der Waals surface area contributed by atoms with Crippen molar-refractivity contribution in [2.75, 3.05) is 42.6 Å². The Balaban J connectivity index is 1.51. The van der Waals surface area contributed by atoms with Crippen LogP contribution in [0.25, 0.3) is 11.6 Å². The summed E-state index contributed by atoms with van der Waals surface area (Å²) in [5, 5.41) is 8.38. The summed E-state index contributed by atoms with van der Waals surface area (Å²) in [4.78, 5) is 10.9. The number of piperazine rings is 1. The predicted molar refractivity (Wildman–Crippen MR) is 109 cm³/mol. The Kier molecular flexibility index (Phi) is 5.68. The Morgan fingerprint density at radius 1 is 1.14 bits per heavy atom. The van der Waals surface area contributed by atoms with Gasteiger partial charge in [-0.1, -0.05) is 19.3 Å². The molecule has 2 aromatic rings. The van der Waals surface area contributed by atoms with Gasteiger partial charge in [0.1, 0.15) is 5.82 Å². The number of rotatable bonds is 5. The van der Waals surface area contributed by atoms with Crippen molar-refractivity contribution in [2.45, 2.75) is 44.9 Å². The standard InChI is InChI=1S/C18H27N7O3S/c1-2-29(26,27)25-10-8-24(9-11-25)14-12-20-16(19)15(21-14)18-23-22-17(28-18)13-6-4-3-5-7-13/h12-13H,2-11H2,1H3,(H2,19,20). The number of aromatic nitrogens is 4. The highest BCUT2D eigenvalue weighted by molar-refractivity contribution is 7.89. The first-order valence-corrected chi connectivity index (χ1v) is 11.8. The van der Waals surface area contributed by atoms with Gasteiger partial charge in [-0.25, -0.2) is 18.4 Å². The number of sulfonamides is 1. The summed E-state index contributed by atoms with van der Waals surface area (Å²) in [7, 11) is -3.18. The summed E-state index contributed by atoms with van der Waals surface area (Å²) < 4.78 is 31.5. The monoisotopic (exact) mass is 421 g/mol. The summed E-state index contributed by atoms with van der Waals surface area (Å²) in [5.74, 6) is 2.20. The second kappa shape index (κ2) is 8.23. The summed E-state index contributed by atoms with van der Waals surface area (Å²) in [6.45, 7) is 3.57. The predicted octanol–water partition coefficient (Wildman–Crippen LogP) is 1.63. The van der Waals surface area contributed by atoms with Crippen LogP contribution in [0.2, 0.25) is 0 Å². The zero-order valence-electron chi connectivity index (χ0n) is 16.6. The van der Waals surface area contributed by atoms with E-state index in [1.807, 2.05) is 4.90 Å². The normalized spacial score (nSPS) is 19.6. The molecule has 3 heterocycles. The van der Waals surface area contributed by atoms with Gasteiger partial charge in [0.05, 0.1) is 11.9 Å². The van der Waals surface area contributed by atoms with Crippen LogP contribution in [0.15, 0.2) is 10.6 Å². The zero-order valence-corrected chi connectivity index (χ0v) is 17.4. The summed E-state index contributed by atoms with van der Waals surface area (Å²) in [5.41, 5.74) is 6.40. The van der Waals surface area contributed by atoms with Crippen molar-refractivity contribution in [1.29, 1.82) is 0 Å². The van der Waals surface area contributed by atoms with E-state index in [1.165, 1.54) is 23.6 Å². The molecule has 0 unspecified atom stereocenters. The zero-order chi connectivity index (χ0) is 20.4. The molecule has 29 heavy (non-hydrogen) atoms. The molecule has 0 bridgehead atoms. The molecule has 0 atom stereocenters. The number of nitrogen functional groups attached to an aromatic ring is 1. The molecule has 11 heteroatoms. The van der Waals surface area contributed by atoms with Crippen molar-refractivity contribution in [1.82, 2.24) is 24.5 Å². The lowest BCUT2D eigenvalue weighted by Gasteiger charge is -2.34. The van der Waals surface area contributed by atoms with Crippen molar-refractivity contribution < 1.29 is 12.8 Å². The van der Waals surface area contributed by atoms with E-state index in [4.69, 9.17) is 10.2 Å². The first-order chi connectivity index (χ1) is 14.0. The van der Waals surface area contributed by atoms with Gasteiger partial charge in [-0.2, -0.15) is 4.31 Å². The molecule has 0 amide bonds. The van der Waals surface area contributed by atoms with Gasteiger partial charge in [0.15, 0.2) is 11.5 Å². The van der Waals surface area contributed by atoms with Gasteiger partial charge in [0.2, 0.25) is 15.9 Å². The van der Waals surface area contributed by atoms with Gasteiger partial charge in [0, 0.05) is 32.1 Å². The molecule has 0 aromatic carbocycles. The fourth-order valence-corrected chi connectivity index (χ4v) is 5.01. The highest BCUT2D eigenvalue weighted by Crippen LogP contribution is 2.33. The molecule has 1 aliphatic heterocycles. The number of nitrogens with zero attached hydrogens (tertiary/aromatic N) is 6. The molecule has 2 aliphatic rings. The van der Waals surface area contributed by atoms with E-state index in [9.17, 15) is 8.42 Å². The number of anilines is 2. The lowest BCUT2D eigenvalue weighted by molar-refractivity contribution is 0.367. The average Bonchev–Trinajstić information content (AvgIpc) is 3.25. The van der Waals surface area contributed by atoms with E-state index in [1.54, 1.807) is 13.1 Å². The molecule has 0 spiro atoms. The first-order valence-electron chi connectivity index (χ1n) is 10.2. The summed E-state index contributed by atoms with van der Waals surface area (Å²) in [6, 6.07) is 0. The third-order valence-electron chi connectivity index (χ3n) is 5.71. The smallest absolute Gasteiger partial charge is 0.270 e. The van der Waals surface area contributed by atoms with Crippen LogP contribution in [0.4, 0.5) is 11.6 Å². The highest BCUT2D eigenvalue weighted by Gasteiger charge is 2.27. The third kappa shape index (κ3) is 4.20. The second-order valence-corrected chi connectivity index (χ2v) is 9.79. The van der Waals surface area contributed by atoms with Gasteiger partial charge < -0.3 is 15.1 Å². The molecule has 2 aromatic heterocycles. The van der Waals surface area contributed by atoms with Gasteiger partial charge >= 0.3 is 0 Å². The Morgan fingerprint density at radius 3 is 2.55 bits per heavy atom. The van der Waals surface area contributed by atoms with Crippen LogP contribution in [0.5, 0.6) is 0 Å². The maximum atomic E-state index is 12.0. The lowest BCUT2D eigenvalue weighted by atomic mass is 9.89. The topological polar surface area (TPSA) is 131 Å². The van der Waals surface area contributed by atoms with E-state index in [0.29, 0.717) is 49.5 Å². The van der Waals surface area contributed by atoms with Crippen LogP contribution >= 0.6 is 0 Å². The van der Waals surface area contributed by atoms with Crippen molar-refractivity contribution in [3.8, 4) is 11.6 Å². The number of nitrogens with two attached hydrogens (primary N) is 1. The van der Waals surface area contributed by atoms with Crippen LogP contribution in [0.1, 0.15) is 50.8 Å².